The molecular formula is C18H21ClF3N3O3. The van der Waals surface area contributed by atoms with Crippen molar-refractivity contribution in [2.45, 2.75) is 38.3 Å². The first-order valence-electron chi connectivity index (χ1n) is 9.27. The largest absolute Gasteiger partial charge is 0.418 e. The lowest BCUT2D eigenvalue weighted by Crippen LogP contribution is -2.44. The van der Waals surface area contributed by atoms with E-state index in [2.05, 4.69) is 0 Å². The van der Waals surface area contributed by atoms with E-state index < -0.39 is 27.4 Å². The zero-order valence-corrected chi connectivity index (χ0v) is 15.9. The standard InChI is InChI=1S/C18H21ClF3N3O3/c19-14-11-15(16(25(27)28)10-13(14)18(20,21)22)23-8-4-12(5-9-23)17(26)24-6-2-1-3-7-24/h10-12H,1-9H2. The third-order valence-electron chi connectivity index (χ3n) is 5.42. The van der Waals surface area contributed by atoms with Crippen LogP contribution in [0.5, 0.6) is 0 Å². The molecule has 0 N–H and O–H groups in total. The van der Waals surface area contributed by atoms with E-state index in [-0.39, 0.29) is 17.5 Å². The molecule has 2 aliphatic rings. The highest BCUT2D eigenvalue weighted by Gasteiger charge is 2.38. The average Bonchev–Trinajstić information content (AvgIpc) is 2.67. The monoisotopic (exact) mass is 419 g/mol. The molecule has 0 saturated carbocycles. The lowest BCUT2D eigenvalue weighted by atomic mass is 9.93. The third-order valence-corrected chi connectivity index (χ3v) is 5.73. The van der Waals surface area contributed by atoms with Crippen LogP contribution in [0, 0.1) is 16.0 Å². The normalized spacial score (nSPS) is 19.0. The Kier molecular flexibility index (Phi) is 6.02. The van der Waals surface area contributed by atoms with Crippen LogP contribution < -0.4 is 4.90 Å². The average molecular weight is 420 g/mol. The number of benzene rings is 1. The lowest BCUT2D eigenvalue weighted by molar-refractivity contribution is -0.384. The lowest BCUT2D eigenvalue weighted by Gasteiger charge is -2.36. The highest BCUT2D eigenvalue weighted by molar-refractivity contribution is 6.31. The zero-order valence-electron chi connectivity index (χ0n) is 15.2. The molecule has 3 rings (SSSR count). The molecule has 0 aromatic heterocycles. The Morgan fingerprint density at radius 1 is 1.11 bits per heavy atom. The Hall–Kier alpha value is -2.03. The van der Waals surface area contributed by atoms with Crippen molar-refractivity contribution >= 4 is 28.9 Å². The molecule has 28 heavy (non-hydrogen) atoms. The van der Waals surface area contributed by atoms with Crippen LogP contribution in [0.3, 0.4) is 0 Å². The predicted molar refractivity (Wildman–Crippen MR) is 98.5 cm³/mol. The number of rotatable bonds is 3. The van der Waals surface area contributed by atoms with E-state index in [0.717, 1.165) is 38.4 Å². The maximum Gasteiger partial charge on any atom is 0.418 e. The van der Waals surface area contributed by atoms with Crippen LogP contribution >= 0.6 is 11.6 Å². The van der Waals surface area contributed by atoms with E-state index in [1.165, 1.54) is 0 Å². The van der Waals surface area contributed by atoms with Crippen LogP contribution in [0.15, 0.2) is 12.1 Å². The maximum absolute atomic E-state index is 13.0. The van der Waals surface area contributed by atoms with Gasteiger partial charge in [-0.25, -0.2) is 0 Å². The van der Waals surface area contributed by atoms with E-state index in [4.69, 9.17) is 11.6 Å². The van der Waals surface area contributed by atoms with Gasteiger partial charge in [0, 0.05) is 38.2 Å². The van der Waals surface area contributed by atoms with Gasteiger partial charge in [0.15, 0.2) is 0 Å². The Labute approximate surface area is 165 Å². The number of piperidine rings is 2. The van der Waals surface area contributed by atoms with Crippen molar-refractivity contribution in [3.63, 3.8) is 0 Å². The summed E-state index contributed by atoms with van der Waals surface area (Å²) in [5.41, 5.74) is -1.79. The second kappa shape index (κ2) is 8.14. The summed E-state index contributed by atoms with van der Waals surface area (Å²) in [7, 11) is 0. The Morgan fingerprint density at radius 2 is 1.71 bits per heavy atom. The number of likely N-dealkylation sites (tertiary alicyclic amines) is 1. The number of amides is 1. The number of alkyl halides is 3. The number of nitro groups is 1. The minimum absolute atomic E-state index is 0.0619. The molecule has 1 aromatic rings. The van der Waals surface area contributed by atoms with E-state index in [9.17, 15) is 28.1 Å². The van der Waals surface area contributed by atoms with Crippen LogP contribution in [0.1, 0.15) is 37.7 Å². The van der Waals surface area contributed by atoms with Gasteiger partial charge in [-0.05, 0) is 38.2 Å². The quantitative estimate of drug-likeness (QED) is 0.534. The molecule has 1 amide bonds. The second-order valence-electron chi connectivity index (χ2n) is 7.22. The fraction of sp³-hybridized carbons (Fsp3) is 0.611. The fourth-order valence-corrected chi connectivity index (χ4v) is 4.17. The topological polar surface area (TPSA) is 66.7 Å². The summed E-state index contributed by atoms with van der Waals surface area (Å²) in [4.78, 5) is 26.7. The molecule has 154 valence electrons. The second-order valence-corrected chi connectivity index (χ2v) is 7.63. The molecule has 0 atom stereocenters. The Bertz CT molecular complexity index is 758. The molecule has 0 radical (unpaired) electrons. The van der Waals surface area contributed by atoms with Gasteiger partial charge in [0.05, 0.1) is 15.5 Å². The highest BCUT2D eigenvalue weighted by atomic mass is 35.5. The number of carbonyl (C=O) groups is 1. The summed E-state index contributed by atoms with van der Waals surface area (Å²) in [5.74, 6) is -0.0439. The van der Waals surface area contributed by atoms with Crippen LogP contribution in [-0.2, 0) is 11.0 Å². The van der Waals surface area contributed by atoms with Crippen LogP contribution in [0.25, 0.3) is 0 Å². The summed E-state index contributed by atoms with van der Waals surface area (Å²) < 4.78 is 39.1. The van der Waals surface area contributed by atoms with Gasteiger partial charge in [-0.1, -0.05) is 11.6 Å². The molecular weight excluding hydrogens is 399 g/mol. The summed E-state index contributed by atoms with van der Waals surface area (Å²) in [6, 6.07) is 1.50. The van der Waals surface area contributed by atoms with Crippen molar-refractivity contribution in [1.82, 2.24) is 4.90 Å². The molecule has 6 nitrogen and oxygen atoms in total. The van der Waals surface area contributed by atoms with Gasteiger partial charge in [0.25, 0.3) is 5.69 Å². The van der Waals surface area contributed by atoms with Crippen LogP contribution in [-0.4, -0.2) is 41.9 Å². The molecule has 2 saturated heterocycles. The third kappa shape index (κ3) is 4.34. The number of nitrogens with zero attached hydrogens (tertiary/aromatic N) is 3. The Morgan fingerprint density at radius 3 is 2.25 bits per heavy atom. The molecule has 2 heterocycles. The number of halogens is 4. The first-order valence-corrected chi connectivity index (χ1v) is 9.65. The summed E-state index contributed by atoms with van der Waals surface area (Å²) in [6.07, 6.45) is -0.632. The summed E-state index contributed by atoms with van der Waals surface area (Å²) >= 11 is 5.76. The molecule has 1 aromatic carbocycles. The predicted octanol–water partition coefficient (Wildman–Crippen LogP) is 4.50. The molecule has 10 heteroatoms. The van der Waals surface area contributed by atoms with Crippen LogP contribution in [0.4, 0.5) is 24.5 Å². The maximum atomic E-state index is 13.0. The van der Waals surface area contributed by atoms with Gasteiger partial charge in [-0.2, -0.15) is 13.2 Å². The van der Waals surface area contributed by atoms with Gasteiger partial charge >= 0.3 is 6.18 Å². The van der Waals surface area contributed by atoms with Crippen molar-refractivity contribution in [3.8, 4) is 0 Å². The molecule has 2 aliphatic heterocycles. The Balaban J connectivity index is 1.75. The van der Waals surface area contributed by atoms with Crippen molar-refractivity contribution in [1.29, 1.82) is 0 Å². The van der Waals surface area contributed by atoms with Crippen molar-refractivity contribution in [2.24, 2.45) is 5.92 Å². The van der Waals surface area contributed by atoms with E-state index in [0.29, 0.717) is 32.0 Å². The van der Waals surface area contributed by atoms with Crippen LogP contribution in [0.2, 0.25) is 5.02 Å². The van der Waals surface area contributed by atoms with Gasteiger partial charge < -0.3 is 9.80 Å². The van der Waals surface area contributed by atoms with Gasteiger partial charge in [-0.15, -0.1) is 0 Å². The minimum atomic E-state index is -4.77. The molecule has 0 spiro atoms. The zero-order chi connectivity index (χ0) is 20.5. The SMILES string of the molecule is O=C(C1CCN(c2cc(Cl)c(C(F)(F)F)cc2[N+](=O)[O-])CC1)N1CCCCC1. The smallest absolute Gasteiger partial charge is 0.366 e. The number of hydrogen-bond donors (Lipinski definition) is 0. The van der Waals surface area contributed by atoms with E-state index >= 15 is 0 Å². The number of anilines is 1. The number of hydrogen-bond acceptors (Lipinski definition) is 4. The van der Waals surface area contributed by atoms with Crippen molar-refractivity contribution < 1.29 is 22.9 Å². The number of carbonyl (C=O) groups excluding carboxylic acids is 1. The van der Waals surface area contributed by atoms with E-state index in [1.807, 2.05) is 4.90 Å². The van der Waals surface area contributed by atoms with Gasteiger partial charge in [-0.3, -0.25) is 14.9 Å². The molecule has 0 bridgehead atoms. The van der Waals surface area contributed by atoms with E-state index in [1.54, 1.807) is 4.90 Å². The van der Waals surface area contributed by atoms with Gasteiger partial charge in [0.2, 0.25) is 5.91 Å². The summed E-state index contributed by atoms with van der Waals surface area (Å²) in [6.45, 7) is 2.23. The molecule has 2 fully saturated rings. The van der Waals surface area contributed by atoms with Crippen molar-refractivity contribution in [2.75, 3.05) is 31.1 Å². The van der Waals surface area contributed by atoms with Gasteiger partial charge in [0.1, 0.15) is 5.69 Å². The highest BCUT2D eigenvalue weighted by Crippen LogP contribution is 2.42. The number of nitro benzene ring substituents is 1. The first-order chi connectivity index (χ1) is 13.2. The molecule has 0 aliphatic carbocycles. The fourth-order valence-electron chi connectivity index (χ4n) is 3.91. The molecule has 0 unspecified atom stereocenters. The van der Waals surface area contributed by atoms with Crippen molar-refractivity contribution in [3.05, 3.63) is 32.8 Å². The minimum Gasteiger partial charge on any atom is -0.366 e. The summed E-state index contributed by atoms with van der Waals surface area (Å²) in [5, 5.41) is 10.8. The first kappa shape index (κ1) is 20.7.